The highest BCUT2D eigenvalue weighted by molar-refractivity contribution is 7.10. The lowest BCUT2D eigenvalue weighted by atomic mass is 9.76. The number of likely N-dealkylation sites (tertiary alicyclic amines) is 1. The van der Waals surface area contributed by atoms with Crippen molar-refractivity contribution >= 4 is 28.5 Å². The Labute approximate surface area is 126 Å². The second kappa shape index (κ2) is 5.97. The van der Waals surface area contributed by atoms with Crippen molar-refractivity contribution in [2.75, 3.05) is 5.32 Å². The van der Waals surface area contributed by atoms with Crippen molar-refractivity contribution in [2.45, 2.75) is 50.6 Å². The Bertz CT molecular complexity index is 521. The third-order valence-corrected chi connectivity index (χ3v) is 5.06. The number of hydrogen-bond donors (Lipinski definition) is 2. The zero-order chi connectivity index (χ0) is 14.8. The Balaban J connectivity index is 1.81. The molecule has 0 spiro atoms. The average molecular weight is 310 g/mol. The van der Waals surface area contributed by atoms with Crippen LogP contribution < -0.4 is 5.32 Å². The molecule has 0 bridgehead atoms. The molecule has 1 saturated heterocycles. The van der Waals surface area contributed by atoms with Crippen LogP contribution >= 0.6 is 11.5 Å². The van der Waals surface area contributed by atoms with Crippen LogP contribution in [0.15, 0.2) is 6.20 Å². The summed E-state index contributed by atoms with van der Waals surface area (Å²) in [6.45, 7) is 0. The van der Waals surface area contributed by atoms with Crippen LogP contribution in [-0.2, 0) is 4.79 Å². The molecular formula is C13H18N4O3S. The van der Waals surface area contributed by atoms with Gasteiger partial charge in [-0.15, -0.1) is 5.10 Å². The van der Waals surface area contributed by atoms with Gasteiger partial charge in [0.05, 0.1) is 6.20 Å². The van der Waals surface area contributed by atoms with Gasteiger partial charge in [-0.05, 0) is 31.6 Å². The predicted octanol–water partition coefficient (Wildman–Crippen LogP) is 2.18. The summed E-state index contributed by atoms with van der Waals surface area (Å²) >= 11 is 1.09. The van der Waals surface area contributed by atoms with E-state index in [2.05, 4.69) is 14.9 Å². The number of carboxylic acids is 1. The Kier molecular flexibility index (Phi) is 4.05. The molecule has 2 aliphatic rings. The van der Waals surface area contributed by atoms with Gasteiger partial charge in [0.15, 0.2) is 0 Å². The minimum absolute atomic E-state index is 0.0366. The summed E-state index contributed by atoms with van der Waals surface area (Å²) in [5, 5.41) is 16.4. The molecule has 3 rings (SSSR count). The van der Waals surface area contributed by atoms with E-state index in [0.29, 0.717) is 17.3 Å². The number of aromatic nitrogens is 2. The summed E-state index contributed by atoms with van der Waals surface area (Å²) in [5.41, 5.74) is 0. The van der Waals surface area contributed by atoms with Gasteiger partial charge >= 0.3 is 12.0 Å². The maximum atomic E-state index is 12.5. The van der Waals surface area contributed by atoms with Crippen molar-refractivity contribution in [3.05, 3.63) is 6.20 Å². The van der Waals surface area contributed by atoms with E-state index >= 15 is 0 Å². The number of amides is 2. The molecule has 1 aromatic rings. The minimum atomic E-state index is -0.920. The van der Waals surface area contributed by atoms with Crippen molar-refractivity contribution in [2.24, 2.45) is 5.92 Å². The summed E-state index contributed by atoms with van der Waals surface area (Å²) < 4.78 is 3.70. The number of fused-ring (bicyclic) bond motifs is 1. The fourth-order valence-corrected chi connectivity index (χ4v) is 3.97. The van der Waals surface area contributed by atoms with Gasteiger partial charge in [0, 0.05) is 17.6 Å². The molecule has 2 amide bonds. The molecule has 1 aromatic heterocycles. The maximum absolute atomic E-state index is 12.5. The van der Waals surface area contributed by atoms with Gasteiger partial charge in [-0.3, -0.25) is 5.32 Å². The number of hydrogen-bond acceptors (Lipinski definition) is 5. The molecule has 2 heterocycles. The first kappa shape index (κ1) is 14.2. The van der Waals surface area contributed by atoms with Crippen LogP contribution in [0.3, 0.4) is 0 Å². The van der Waals surface area contributed by atoms with Crippen molar-refractivity contribution in [1.82, 2.24) is 14.5 Å². The Morgan fingerprint density at radius 2 is 2.10 bits per heavy atom. The van der Waals surface area contributed by atoms with Crippen LogP contribution in [0.25, 0.3) is 0 Å². The fourth-order valence-electron chi connectivity index (χ4n) is 3.56. The number of anilines is 1. The largest absolute Gasteiger partial charge is 0.480 e. The van der Waals surface area contributed by atoms with Crippen LogP contribution in [0.2, 0.25) is 0 Å². The number of nitrogens with one attached hydrogen (secondary N) is 1. The molecule has 0 aromatic carbocycles. The van der Waals surface area contributed by atoms with Gasteiger partial charge in [0.25, 0.3) is 0 Å². The highest BCUT2D eigenvalue weighted by Crippen LogP contribution is 2.38. The number of rotatable bonds is 2. The second-order valence-corrected chi connectivity index (χ2v) is 6.45. The fraction of sp³-hybridized carbons (Fsp3) is 0.692. The molecule has 1 saturated carbocycles. The average Bonchev–Trinajstić information content (AvgIpc) is 2.98. The zero-order valence-corrected chi connectivity index (χ0v) is 12.4. The smallest absolute Gasteiger partial charge is 0.326 e. The molecule has 1 aliphatic heterocycles. The Morgan fingerprint density at radius 1 is 1.29 bits per heavy atom. The quantitative estimate of drug-likeness (QED) is 0.873. The van der Waals surface area contributed by atoms with Gasteiger partial charge < -0.3 is 10.0 Å². The number of carboxylic acid groups (broad SMARTS) is 1. The molecule has 8 heteroatoms. The normalized spacial score (nSPS) is 28.8. The number of urea groups is 1. The van der Waals surface area contributed by atoms with E-state index in [1.165, 1.54) is 12.6 Å². The van der Waals surface area contributed by atoms with E-state index in [1.807, 2.05) is 0 Å². The predicted molar refractivity (Wildman–Crippen MR) is 77.2 cm³/mol. The molecule has 3 unspecified atom stereocenters. The van der Waals surface area contributed by atoms with E-state index in [4.69, 9.17) is 0 Å². The first-order chi connectivity index (χ1) is 10.2. The summed E-state index contributed by atoms with van der Waals surface area (Å²) in [6, 6.07) is -1.04. The summed E-state index contributed by atoms with van der Waals surface area (Å²) in [7, 11) is 0. The van der Waals surface area contributed by atoms with Gasteiger partial charge in [0.1, 0.15) is 11.0 Å². The molecular weight excluding hydrogens is 292 g/mol. The Hall–Kier alpha value is -1.70. The highest BCUT2D eigenvalue weighted by Gasteiger charge is 2.43. The van der Waals surface area contributed by atoms with Crippen molar-refractivity contribution in [1.29, 1.82) is 0 Å². The van der Waals surface area contributed by atoms with E-state index in [9.17, 15) is 14.7 Å². The van der Waals surface area contributed by atoms with Crippen LogP contribution in [0.1, 0.15) is 38.5 Å². The van der Waals surface area contributed by atoms with Gasteiger partial charge in [-0.1, -0.05) is 17.3 Å². The molecule has 1 aliphatic carbocycles. The molecule has 7 nitrogen and oxygen atoms in total. The topological polar surface area (TPSA) is 95.4 Å². The number of carbonyl (C=O) groups excluding carboxylic acids is 1. The number of nitrogens with zero attached hydrogens (tertiary/aromatic N) is 3. The van der Waals surface area contributed by atoms with E-state index in [1.54, 1.807) is 4.90 Å². The number of aliphatic carboxylic acids is 1. The lowest BCUT2D eigenvalue weighted by Gasteiger charge is -2.46. The van der Waals surface area contributed by atoms with Crippen LogP contribution in [0.4, 0.5) is 9.80 Å². The van der Waals surface area contributed by atoms with Gasteiger partial charge in [-0.25, -0.2) is 9.59 Å². The molecule has 0 radical (unpaired) electrons. The number of piperidine rings is 1. The van der Waals surface area contributed by atoms with Crippen molar-refractivity contribution < 1.29 is 14.7 Å². The number of carbonyl (C=O) groups is 2. The SMILES string of the molecule is O=C(O)C1CCC2CCCCC2N1C(=O)Nc1cnns1. The monoisotopic (exact) mass is 310 g/mol. The standard InChI is InChI=1S/C13H18N4O3S/c18-12(19)10-6-5-8-3-1-2-4-9(8)17(10)13(20)15-11-7-14-16-21-11/h7-10H,1-6H2,(H,15,20)(H,18,19). The Morgan fingerprint density at radius 3 is 2.81 bits per heavy atom. The maximum Gasteiger partial charge on any atom is 0.326 e. The van der Waals surface area contributed by atoms with Crippen LogP contribution in [0.5, 0.6) is 0 Å². The molecule has 2 fully saturated rings. The molecule has 3 atom stereocenters. The van der Waals surface area contributed by atoms with Crippen molar-refractivity contribution in [3.63, 3.8) is 0 Å². The molecule has 2 N–H and O–H groups in total. The van der Waals surface area contributed by atoms with Crippen LogP contribution in [0, 0.1) is 5.92 Å². The third kappa shape index (κ3) is 2.85. The lowest BCUT2D eigenvalue weighted by Crippen LogP contribution is -2.58. The lowest BCUT2D eigenvalue weighted by molar-refractivity contribution is -0.145. The zero-order valence-electron chi connectivity index (χ0n) is 11.6. The summed E-state index contributed by atoms with van der Waals surface area (Å²) in [5.74, 6) is -0.490. The second-order valence-electron chi connectivity index (χ2n) is 5.66. The summed E-state index contributed by atoms with van der Waals surface area (Å²) in [4.78, 5) is 25.6. The highest BCUT2D eigenvalue weighted by atomic mass is 32.1. The van der Waals surface area contributed by atoms with E-state index in [0.717, 1.165) is 37.2 Å². The van der Waals surface area contributed by atoms with E-state index < -0.39 is 12.0 Å². The molecule has 21 heavy (non-hydrogen) atoms. The first-order valence-corrected chi connectivity index (χ1v) is 8.03. The first-order valence-electron chi connectivity index (χ1n) is 7.26. The minimum Gasteiger partial charge on any atom is -0.480 e. The van der Waals surface area contributed by atoms with E-state index in [-0.39, 0.29) is 12.1 Å². The van der Waals surface area contributed by atoms with Gasteiger partial charge in [0.2, 0.25) is 0 Å². The van der Waals surface area contributed by atoms with Crippen molar-refractivity contribution in [3.8, 4) is 0 Å². The summed E-state index contributed by atoms with van der Waals surface area (Å²) in [6.07, 6.45) is 7.11. The van der Waals surface area contributed by atoms with Gasteiger partial charge in [-0.2, -0.15) is 0 Å². The third-order valence-electron chi connectivity index (χ3n) is 4.48. The van der Waals surface area contributed by atoms with Crippen LogP contribution in [-0.4, -0.2) is 43.7 Å². The molecule has 114 valence electrons.